The Bertz CT molecular complexity index is 790. The summed E-state index contributed by atoms with van der Waals surface area (Å²) in [5, 5.41) is 5.73. The van der Waals surface area contributed by atoms with Crippen molar-refractivity contribution in [1.29, 1.82) is 0 Å². The molecular formula is C19H29N3O4S. The largest absolute Gasteiger partial charge is 0.380 e. The normalized spacial score (nSPS) is 24.1. The number of hydrogen-bond acceptors (Lipinski definition) is 4. The van der Waals surface area contributed by atoms with Gasteiger partial charge in [0.2, 0.25) is 10.0 Å². The lowest BCUT2D eigenvalue weighted by Crippen LogP contribution is -2.68. The summed E-state index contributed by atoms with van der Waals surface area (Å²) >= 11 is 0. The van der Waals surface area contributed by atoms with E-state index in [9.17, 15) is 13.2 Å². The lowest BCUT2D eigenvalue weighted by molar-refractivity contribution is -0.140. The molecule has 0 aliphatic heterocycles. The second kappa shape index (κ2) is 8.00. The van der Waals surface area contributed by atoms with Gasteiger partial charge in [0.15, 0.2) is 0 Å². The van der Waals surface area contributed by atoms with E-state index in [2.05, 4.69) is 31.1 Å². The van der Waals surface area contributed by atoms with Crippen molar-refractivity contribution in [3.05, 3.63) is 36.9 Å². The average Bonchev–Trinajstić information content (AvgIpc) is 2.60. The minimum absolute atomic E-state index is 0.00495. The Morgan fingerprint density at radius 2 is 1.93 bits per heavy atom. The number of hydrogen-bond donors (Lipinski definition) is 2. The molecule has 0 bridgehead atoms. The first-order valence-corrected chi connectivity index (χ1v) is 10.3. The van der Waals surface area contributed by atoms with Crippen molar-refractivity contribution in [2.45, 2.75) is 37.8 Å². The van der Waals surface area contributed by atoms with Gasteiger partial charge in [-0.3, -0.25) is 0 Å². The van der Waals surface area contributed by atoms with Crippen LogP contribution in [0.4, 0.5) is 10.5 Å². The van der Waals surface area contributed by atoms with Gasteiger partial charge in [0, 0.05) is 43.8 Å². The summed E-state index contributed by atoms with van der Waals surface area (Å²) in [7, 11) is -0.399. The number of likely N-dealkylation sites (N-methyl/N-ethyl adjacent to an activating group) is 1. The summed E-state index contributed by atoms with van der Waals surface area (Å²) in [5.41, 5.74) is 0.366. The van der Waals surface area contributed by atoms with Crippen LogP contribution in [0.3, 0.4) is 0 Å². The Morgan fingerprint density at radius 1 is 1.33 bits per heavy atom. The molecule has 0 aromatic heterocycles. The van der Waals surface area contributed by atoms with Gasteiger partial charge in [0.25, 0.3) is 0 Å². The maximum Gasteiger partial charge on any atom is 0.319 e. The molecule has 7 nitrogen and oxygen atoms in total. The molecule has 2 N–H and O–H groups in total. The summed E-state index contributed by atoms with van der Waals surface area (Å²) in [6.45, 7) is 9.94. The molecule has 1 saturated carbocycles. The fraction of sp³-hybridized carbons (Fsp3) is 0.526. The SMILES string of the molecule is C=CCN(C)S(=O)(=O)c1ccc(NC(=O)NC2C(C)C(OC)C2(C)C)cc1. The zero-order chi connectivity index (χ0) is 20.4. The van der Waals surface area contributed by atoms with Gasteiger partial charge in [0.05, 0.1) is 11.0 Å². The van der Waals surface area contributed by atoms with Gasteiger partial charge in [0.1, 0.15) is 0 Å². The summed E-state index contributed by atoms with van der Waals surface area (Å²) in [5.74, 6) is 0.212. The van der Waals surface area contributed by atoms with Crippen molar-refractivity contribution < 1.29 is 17.9 Å². The van der Waals surface area contributed by atoms with E-state index in [1.54, 1.807) is 19.2 Å². The number of nitrogens with one attached hydrogen (secondary N) is 2. The molecule has 8 heteroatoms. The number of carbonyl (C=O) groups excluding carboxylic acids is 1. The van der Waals surface area contributed by atoms with Gasteiger partial charge >= 0.3 is 6.03 Å². The summed E-state index contributed by atoms with van der Waals surface area (Å²) in [4.78, 5) is 12.5. The highest BCUT2D eigenvalue weighted by Gasteiger charge is 2.55. The van der Waals surface area contributed by atoms with Crippen LogP contribution in [0.15, 0.2) is 41.8 Å². The molecule has 3 atom stereocenters. The molecule has 150 valence electrons. The molecule has 0 spiro atoms. The van der Waals surface area contributed by atoms with Crippen LogP contribution in [-0.2, 0) is 14.8 Å². The second-order valence-electron chi connectivity index (χ2n) is 7.51. The van der Waals surface area contributed by atoms with Crippen molar-refractivity contribution in [2.24, 2.45) is 11.3 Å². The first-order valence-electron chi connectivity index (χ1n) is 8.83. The topological polar surface area (TPSA) is 87.7 Å². The van der Waals surface area contributed by atoms with Crippen molar-refractivity contribution in [3.8, 4) is 0 Å². The number of carbonyl (C=O) groups is 1. The molecule has 1 aromatic rings. The van der Waals surface area contributed by atoms with Crippen LogP contribution in [0.2, 0.25) is 0 Å². The Hall–Kier alpha value is -1.90. The van der Waals surface area contributed by atoms with E-state index in [1.165, 1.54) is 29.6 Å². The van der Waals surface area contributed by atoms with Crippen molar-refractivity contribution in [1.82, 2.24) is 9.62 Å². The number of ether oxygens (including phenoxy) is 1. The van der Waals surface area contributed by atoms with Crippen LogP contribution in [0.5, 0.6) is 0 Å². The summed E-state index contributed by atoms with van der Waals surface area (Å²) in [6, 6.07) is 5.76. The first-order chi connectivity index (χ1) is 12.6. The van der Waals surface area contributed by atoms with Gasteiger partial charge in [-0.1, -0.05) is 26.8 Å². The number of methoxy groups -OCH3 is 1. The van der Waals surface area contributed by atoms with E-state index in [1.807, 2.05) is 6.92 Å². The summed E-state index contributed by atoms with van der Waals surface area (Å²) < 4.78 is 31.5. The average molecular weight is 396 g/mol. The molecule has 0 radical (unpaired) electrons. The number of urea groups is 1. The highest BCUT2D eigenvalue weighted by Crippen LogP contribution is 2.46. The molecule has 2 rings (SSSR count). The third-order valence-electron chi connectivity index (χ3n) is 5.29. The van der Waals surface area contributed by atoms with Gasteiger partial charge in [-0.25, -0.2) is 13.2 Å². The lowest BCUT2D eigenvalue weighted by atomic mass is 9.58. The minimum Gasteiger partial charge on any atom is -0.380 e. The number of nitrogens with zero attached hydrogens (tertiary/aromatic N) is 1. The Balaban J connectivity index is 2.01. The number of sulfonamides is 1. The smallest absolute Gasteiger partial charge is 0.319 e. The number of rotatable bonds is 7. The fourth-order valence-corrected chi connectivity index (χ4v) is 5.04. The predicted octanol–water partition coefficient (Wildman–Crippen LogP) is 2.67. The third kappa shape index (κ3) is 4.17. The Kier molecular flexibility index (Phi) is 6.34. The molecular weight excluding hydrogens is 366 g/mol. The monoisotopic (exact) mass is 395 g/mol. The standard InChI is InChI=1S/C19H29N3O4S/c1-7-12-22(5)27(24,25)15-10-8-14(9-11-15)20-18(23)21-16-13(2)17(26-6)19(16,3)4/h7-11,13,16-17H,1,12H2,2-6H3,(H2,20,21,23). The van der Waals surface area contributed by atoms with Crippen LogP contribution in [0.25, 0.3) is 0 Å². The predicted molar refractivity (Wildman–Crippen MR) is 106 cm³/mol. The number of amides is 2. The maximum atomic E-state index is 12.4. The molecule has 1 aliphatic carbocycles. The van der Waals surface area contributed by atoms with E-state index >= 15 is 0 Å². The quantitative estimate of drug-likeness (QED) is 0.695. The van der Waals surface area contributed by atoms with Crippen LogP contribution < -0.4 is 10.6 Å². The zero-order valence-corrected chi connectivity index (χ0v) is 17.3. The van der Waals surface area contributed by atoms with Crippen LogP contribution in [0, 0.1) is 11.3 Å². The van der Waals surface area contributed by atoms with E-state index < -0.39 is 10.0 Å². The van der Waals surface area contributed by atoms with E-state index in [0.29, 0.717) is 5.69 Å². The van der Waals surface area contributed by atoms with Crippen LogP contribution in [0.1, 0.15) is 20.8 Å². The van der Waals surface area contributed by atoms with Gasteiger partial charge < -0.3 is 15.4 Å². The number of anilines is 1. The van der Waals surface area contributed by atoms with Crippen LogP contribution >= 0.6 is 0 Å². The van der Waals surface area contributed by atoms with E-state index in [-0.39, 0.29) is 41.0 Å². The van der Waals surface area contributed by atoms with E-state index in [4.69, 9.17) is 4.74 Å². The second-order valence-corrected chi connectivity index (χ2v) is 9.56. The molecule has 0 saturated heterocycles. The minimum atomic E-state index is -3.57. The van der Waals surface area contributed by atoms with Crippen molar-refractivity contribution in [3.63, 3.8) is 0 Å². The van der Waals surface area contributed by atoms with Gasteiger partial charge in [-0.15, -0.1) is 6.58 Å². The van der Waals surface area contributed by atoms with Gasteiger partial charge in [-0.2, -0.15) is 4.31 Å². The zero-order valence-electron chi connectivity index (χ0n) is 16.5. The Labute approximate surface area is 161 Å². The third-order valence-corrected chi connectivity index (χ3v) is 7.12. The van der Waals surface area contributed by atoms with Crippen molar-refractivity contribution >= 4 is 21.7 Å². The summed E-state index contributed by atoms with van der Waals surface area (Å²) in [6.07, 6.45) is 1.62. The molecule has 1 fully saturated rings. The maximum absolute atomic E-state index is 12.4. The fourth-order valence-electron chi connectivity index (χ4n) is 3.90. The van der Waals surface area contributed by atoms with E-state index in [0.717, 1.165) is 0 Å². The molecule has 1 aromatic carbocycles. The Morgan fingerprint density at radius 3 is 2.41 bits per heavy atom. The molecule has 2 amide bonds. The van der Waals surface area contributed by atoms with Crippen molar-refractivity contribution in [2.75, 3.05) is 26.0 Å². The molecule has 1 aliphatic rings. The first kappa shape index (κ1) is 21.4. The molecule has 0 heterocycles. The highest BCUT2D eigenvalue weighted by molar-refractivity contribution is 7.89. The van der Waals surface area contributed by atoms with Gasteiger partial charge in [-0.05, 0) is 24.3 Å². The molecule has 3 unspecified atom stereocenters. The molecule has 27 heavy (non-hydrogen) atoms. The number of benzene rings is 1. The highest BCUT2D eigenvalue weighted by atomic mass is 32.2. The van der Waals surface area contributed by atoms with Crippen LogP contribution in [-0.4, -0.2) is 51.6 Å². The lowest BCUT2D eigenvalue weighted by Gasteiger charge is -2.56.